The maximum atomic E-state index is 11.7. The molecule has 0 saturated carbocycles. The van der Waals surface area contributed by atoms with Gasteiger partial charge in [-0.15, -0.1) is 0 Å². The number of para-hydroxylation sites is 1. The second-order valence-corrected chi connectivity index (χ2v) is 7.00. The monoisotopic (exact) mass is 377 g/mol. The number of fused-ring (bicyclic) bond motifs is 1. The van der Waals surface area contributed by atoms with Gasteiger partial charge in [0.05, 0.1) is 11.2 Å². The average molecular weight is 377 g/mol. The normalized spacial score (nSPS) is 15.0. The van der Waals surface area contributed by atoms with Gasteiger partial charge in [-0.25, -0.2) is 9.78 Å². The second-order valence-electron chi connectivity index (χ2n) is 7.00. The minimum atomic E-state index is -0.994. The first-order valence-electron chi connectivity index (χ1n) is 9.36. The lowest BCUT2D eigenvalue weighted by atomic mass is 10.1. The Morgan fingerprint density at radius 3 is 2.68 bits per heavy atom. The Morgan fingerprint density at radius 1 is 1.11 bits per heavy atom. The molecular weight excluding hydrogens is 354 g/mol. The highest BCUT2D eigenvalue weighted by Gasteiger charge is 2.19. The van der Waals surface area contributed by atoms with Crippen LogP contribution in [0.3, 0.4) is 0 Å². The van der Waals surface area contributed by atoms with Crippen LogP contribution < -0.4 is 10.2 Å². The van der Waals surface area contributed by atoms with E-state index in [2.05, 4.69) is 32.1 Å². The van der Waals surface area contributed by atoms with Crippen LogP contribution in [0.4, 0.5) is 11.5 Å². The predicted octanol–water partition coefficient (Wildman–Crippen LogP) is 2.69. The van der Waals surface area contributed by atoms with Gasteiger partial charge in [-0.1, -0.05) is 24.3 Å². The largest absolute Gasteiger partial charge is 0.478 e. The van der Waals surface area contributed by atoms with Crippen LogP contribution in [0.15, 0.2) is 48.8 Å². The zero-order valence-corrected chi connectivity index (χ0v) is 15.8. The Bertz CT molecular complexity index is 999. The zero-order valence-electron chi connectivity index (χ0n) is 15.8. The van der Waals surface area contributed by atoms with Crippen molar-refractivity contribution in [2.45, 2.75) is 6.54 Å². The molecule has 0 unspecified atom stereocenters. The van der Waals surface area contributed by atoms with Crippen LogP contribution in [-0.2, 0) is 6.54 Å². The molecule has 1 aliphatic heterocycles. The molecule has 7 nitrogen and oxygen atoms in total. The Kier molecular flexibility index (Phi) is 5.08. The van der Waals surface area contributed by atoms with Crippen molar-refractivity contribution in [1.82, 2.24) is 14.9 Å². The number of aromatic carboxylic acids is 1. The fraction of sp³-hybridized carbons (Fsp3) is 0.286. The Hall–Kier alpha value is -3.19. The lowest BCUT2D eigenvalue weighted by Crippen LogP contribution is -2.45. The smallest absolute Gasteiger partial charge is 0.339 e. The molecule has 1 aliphatic rings. The molecular formula is C21H23N5O2. The number of aromatic nitrogens is 2. The number of benzene rings is 1. The molecule has 2 aromatic heterocycles. The molecule has 7 heteroatoms. The number of nitrogens with one attached hydrogen (secondary N) is 1. The first-order chi connectivity index (χ1) is 13.6. The lowest BCUT2D eigenvalue weighted by Gasteiger charge is -2.34. The van der Waals surface area contributed by atoms with Crippen molar-refractivity contribution in [3.05, 3.63) is 59.9 Å². The molecule has 1 aromatic carbocycles. The summed E-state index contributed by atoms with van der Waals surface area (Å²) in [5.74, 6) is -0.0374. The third kappa shape index (κ3) is 3.61. The first kappa shape index (κ1) is 18.2. The van der Waals surface area contributed by atoms with Gasteiger partial charge >= 0.3 is 5.97 Å². The fourth-order valence-corrected chi connectivity index (χ4v) is 3.55. The molecule has 0 spiro atoms. The van der Waals surface area contributed by atoms with Crippen LogP contribution in [0.5, 0.6) is 0 Å². The highest BCUT2D eigenvalue weighted by molar-refractivity contribution is 6.04. The van der Waals surface area contributed by atoms with Crippen LogP contribution in [0.1, 0.15) is 15.9 Å². The number of anilines is 2. The summed E-state index contributed by atoms with van der Waals surface area (Å²) in [5.41, 5.74) is 2.57. The van der Waals surface area contributed by atoms with E-state index in [0.29, 0.717) is 12.2 Å². The van der Waals surface area contributed by atoms with E-state index >= 15 is 0 Å². The van der Waals surface area contributed by atoms with Crippen molar-refractivity contribution >= 4 is 28.4 Å². The minimum absolute atomic E-state index is 0.170. The second kappa shape index (κ2) is 7.82. The fourth-order valence-electron chi connectivity index (χ4n) is 3.55. The zero-order chi connectivity index (χ0) is 19.5. The van der Waals surface area contributed by atoms with E-state index in [0.717, 1.165) is 48.5 Å². The standard InChI is InChI=1S/C21H23N5O2/c1-25-9-11-26(12-10-25)20-15(5-4-8-22-20)13-24-19-16-6-2-3-7-18(16)23-14-17(19)21(27)28/h2-8,14H,9-13H2,1H3,(H,23,24)(H,27,28). The van der Waals surface area contributed by atoms with Gasteiger partial charge < -0.3 is 20.2 Å². The van der Waals surface area contributed by atoms with Gasteiger partial charge in [-0.2, -0.15) is 0 Å². The lowest BCUT2D eigenvalue weighted by molar-refractivity contribution is 0.0697. The Balaban J connectivity index is 1.64. The Morgan fingerprint density at radius 2 is 1.89 bits per heavy atom. The van der Waals surface area contributed by atoms with Crippen molar-refractivity contribution < 1.29 is 9.90 Å². The van der Waals surface area contributed by atoms with E-state index in [-0.39, 0.29) is 5.56 Å². The number of nitrogens with zero attached hydrogens (tertiary/aromatic N) is 4. The van der Waals surface area contributed by atoms with Crippen LogP contribution in [0.2, 0.25) is 0 Å². The summed E-state index contributed by atoms with van der Waals surface area (Å²) in [5, 5.41) is 13.7. The van der Waals surface area contributed by atoms with Crippen molar-refractivity contribution in [3.63, 3.8) is 0 Å². The number of carboxylic acids is 1. The maximum absolute atomic E-state index is 11.7. The van der Waals surface area contributed by atoms with E-state index < -0.39 is 5.97 Å². The maximum Gasteiger partial charge on any atom is 0.339 e. The number of carbonyl (C=O) groups is 1. The number of pyridine rings is 2. The van der Waals surface area contributed by atoms with Gasteiger partial charge in [0.25, 0.3) is 0 Å². The molecule has 0 radical (unpaired) electrons. The summed E-state index contributed by atoms with van der Waals surface area (Å²) < 4.78 is 0. The number of rotatable bonds is 5. The number of carboxylic acid groups (broad SMARTS) is 1. The molecule has 0 aliphatic carbocycles. The molecule has 0 bridgehead atoms. The summed E-state index contributed by atoms with van der Waals surface area (Å²) in [6.45, 7) is 4.35. The van der Waals surface area contributed by atoms with Crippen LogP contribution in [0.25, 0.3) is 10.9 Å². The first-order valence-corrected chi connectivity index (χ1v) is 9.36. The van der Waals surface area contributed by atoms with E-state index in [4.69, 9.17) is 0 Å². The molecule has 3 aromatic rings. The van der Waals surface area contributed by atoms with Crippen molar-refractivity contribution in [3.8, 4) is 0 Å². The third-order valence-corrected chi connectivity index (χ3v) is 5.13. The highest BCUT2D eigenvalue weighted by Crippen LogP contribution is 2.28. The van der Waals surface area contributed by atoms with Gasteiger partial charge in [-0.3, -0.25) is 4.98 Å². The van der Waals surface area contributed by atoms with Gasteiger partial charge in [-0.05, 0) is 19.2 Å². The number of likely N-dealkylation sites (N-methyl/N-ethyl adjacent to an activating group) is 1. The molecule has 0 amide bonds. The molecule has 3 heterocycles. The van der Waals surface area contributed by atoms with Gasteiger partial charge in [0, 0.05) is 56.1 Å². The van der Waals surface area contributed by atoms with Crippen LogP contribution >= 0.6 is 0 Å². The van der Waals surface area contributed by atoms with Crippen molar-refractivity contribution in [2.24, 2.45) is 0 Å². The molecule has 0 atom stereocenters. The minimum Gasteiger partial charge on any atom is -0.478 e. The predicted molar refractivity (Wildman–Crippen MR) is 110 cm³/mol. The molecule has 28 heavy (non-hydrogen) atoms. The summed E-state index contributed by atoms with van der Waals surface area (Å²) in [6, 6.07) is 11.5. The van der Waals surface area contributed by atoms with E-state index in [1.807, 2.05) is 42.6 Å². The molecule has 1 fully saturated rings. The van der Waals surface area contributed by atoms with Crippen molar-refractivity contribution in [2.75, 3.05) is 43.4 Å². The average Bonchev–Trinajstić information content (AvgIpc) is 2.72. The van der Waals surface area contributed by atoms with E-state index in [1.54, 1.807) is 0 Å². The third-order valence-electron chi connectivity index (χ3n) is 5.13. The van der Waals surface area contributed by atoms with Crippen LogP contribution in [-0.4, -0.2) is 59.2 Å². The van der Waals surface area contributed by atoms with Crippen molar-refractivity contribution in [1.29, 1.82) is 0 Å². The van der Waals surface area contributed by atoms with Gasteiger partial charge in [0.1, 0.15) is 11.4 Å². The van der Waals surface area contributed by atoms with Gasteiger partial charge in [0.2, 0.25) is 0 Å². The molecule has 1 saturated heterocycles. The van der Waals surface area contributed by atoms with Crippen LogP contribution in [0, 0.1) is 0 Å². The number of hydrogen-bond donors (Lipinski definition) is 2. The summed E-state index contributed by atoms with van der Waals surface area (Å²) in [6.07, 6.45) is 3.22. The van der Waals surface area contributed by atoms with E-state index in [1.165, 1.54) is 6.20 Å². The number of piperazine rings is 1. The summed E-state index contributed by atoms with van der Waals surface area (Å²) in [4.78, 5) is 25.2. The topological polar surface area (TPSA) is 81.6 Å². The number of hydrogen-bond acceptors (Lipinski definition) is 6. The highest BCUT2D eigenvalue weighted by atomic mass is 16.4. The van der Waals surface area contributed by atoms with Gasteiger partial charge in [0.15, 0.2) is 0 Å². The quantitative estimate of drug-likeness (QED) is 0.707. The summed E-state index contributed by atoms with van der Waals surface area (Å²) in [7, 11) is 2.13. The Labute approximate surface area is 163 Å². The SMILES string of the molecule is CN1CCN(c2ncccc2CNc2c(C(=O)O)cnc3ccccc23)CC1. The molecule has 144 valence electrons. The molecule has 4 rings (SSSR count). The summed E-state index contributed by atoms with van der Waals surface area (Å²) >= 11 is 0. The molecule has 2 N–H and O–H groups in total. The van der Waals surface area contributed by atoms with E-state index in [9.17, 15) is 9.90 Å².